The number of hydrogen-bond acceptors (Lipinski definition) is 4. The van der Waals surface area contributed by atoms with Crippen LogP contribution in [-0.2, 0) is 19.1 Å². The maximum atomic E-state index is 12.0. The molecular weight excluding hydrogens is 243 g/mol. The highest BCUT2D eigenvalue weighted by molar-refractivity contribution is 5.93. The largest absolute Gasteiger partial charge is 0.471 e. The maximum absolute atomic E-state index is 12.0. The molecule has 1 saturated heterocycles. The summed E-state index contributed by atoms with van der Waals surface area (Å²) < 4.78 is 45.9. The molecule has 0 aromatic rings. The van der Waals surface area contributed by atoms with Gasteiger partial charge in [0.1, 0.15) is 6.10 Å². The minimum Gasteiger partial charge on any atom is -0.356 e. The van der Waals surface area contributed by atoms with Gasteiger partial charge in [0.25, 0.3) is 0 Å². The monoisotopic (exact) mass is 255 g/mol. The van der Waals surface area contributed by atoms with E-state index in [2.05, 4.69) is 0 Å². The molecule has 1 N–H and O–H groups in total. The highest BCUT2D eigenvalue weighted by atomic mass is 19.4. The summed E-state index contributed by atoms with van der Waals surface area (Å²) in [5.41, 5.74) is 0. The van der Waals surface area contributed by atoms with Gasteiger partial charge in [-0.05, 0) is 6.92 Å². The lowest BCUT2D eigenvalue weighted by Crippen LogP contribution is -2.54. The number of carbonyl (C=O) groups is 2. The molecule has 0 spiro atoms. The van der Waals surface area contributed by atoms with E-state index in [1.807, 2.05) is 0 Å². The Bertz CT molecular complexity index is 318. The van der Waals surface area contributed by atoms with Crippen LogP contribution in [0.15, 0.2) is 0 Å². The van der Waals surface area contributed by atoms with Crippen LogP contribution in [-0.4, -0.2) is 43.4 Å². The lowest BCUT2D eigenvalue weighted by molar-refractivity contribution is -0.192. The van der Waals surface area contributed by atoms with E-state index < -0.39 is 36.3 Å². The fourth-order valence-corrected chi connectivity index (χ4v) is 1.46. The summed E-state index contributed by atoms with van der Waals surface area (Å²) in [7, 11) is 1.30. The normalized spacial score (nSPS) is 30.2. The van der Waals surface area contributed by atoms with Crippen molar-refractivity contribution in [3.05, 3.63) is 0 Å². The molecule has 0 saturated carbocycles. The van der Waals surface area contributed by atoms with Gasteiger partial charge in [-0.3, -0.25) is 9.59 Å². The van der Waals surface area contributed by atoms with Gasteiger partial charge in [-0.15, -0.1) is 0 Å². The van der Waals surface area contributed by atoms with Crippen molar-refractivity contribution in [2.24, 2.45) is 0 Å². The Kier molecular flexibility index (Phi) is 4.10. The van der Waals surface area contributed by atoms with Crippen LogP contribution in [0.4, 0.5) is 13.2 Å². The van der Waals surface area contributed by atoms with E-state index in [0.29, 0.717) is 0 Å². The van der Waals surface area contributed by atoms with Crippen LogP contribution in [0.25, 0.3) is 0 Å². The molecule has 1 fully saturated rings. The van der Waals surface area contributed by atoms with Gasteiger partial charge in [-0.2, -0.15) is 13.2 Å². The Morgan fingerprint density at radius 1 is 1.53 bits per heavy atom. The van der Waals surface area contributed by atoms with Crippen molar-refractivity contribution >= 4 is 11.7 Å². The van der Waals surface area contributed by atoms with Crippen LogP contribution in [0.1, 0.15) is 13.3 Å². The summed E-state index contributed by atoms with van der Waals surface area (Å²) in [4.78, 5) is 22.2. The molecule has 3 unspecified atom stereocenters. The molecule has 0 radical (unpaired) electrons. The molecule has 17 heavy (non-hydrogen) atoms. The fourth-order valence-electron chi connectivity index (χ4n) is 1.46. The number of amides is 1. The van der Waals surface area contributed by atoms with E-state index in [9.17, 15) is 22.8 Å². The number of alkyl halides is 3. The van der Waals surface area contributed by atoms with E-state index in [4.69, 9.17) is 9.47 Å². The van der Waals surface area contributed by atoms with Gasteiger partial charge >= 0.3 is 12.1 Å². The highest BCUT2D eigenvalue weighted by Gasteiger charge is 2.43. The molecule has 1 rings (SSSR count). The first-order chi connectivity index (χ1) is 7.75. The predicted molar refractivity (Wildman–Crippen MR) is 49.0 cm³/mol. The molecule has 3 atom stereocenters. The van der Waals surface area contributed by atoms with Crippen LogP contribution >= 0.6 is 0 Å². The molecule has 1 heterocycles. The standard InChI is InChI=1S/C9H12F3NO4/c1-4-7(14)5(3-6(16-2)17-4)13-8(15)9(10,11)12/h4-6H,3H2,1-2H3,(H,13,15). The number of rotatable bonds is 2. The molecule has 1 amide bonds. The van der Waals surface area contributed by atoms with E-state index in [1.165, 1.54) is 14.0 Å². The quantitative estimate of drug-likeness (QED) is 0.775. The van der Waals surface area contributed by atoms with Crippen molar-refractivity contribution in [1.82, 2.24) is 5.32 Å². The van der Waals surface area contributed by atoms with Crippen LogP contribution in [0.5, 0.6) is 0 Å². The van der Waals surface area contributed by atoms with E-state index >= 15 is 0 Å². The second-order valence-electron chi connectivity index (χ2n) is 3.61. The number of carbonyl (C=O) groups excluding carboxylic acids is 2. The summed E-state index contributed by atoms with van der Waals surface area (Å²) in [5.74, 6) is -2.74. The number of ether oxygens (including phenoxy) is 2. The van der Waals surface area contributed by atoms with Crippen LogP contribution in [0.2, 0.25) is 0 Å². The predicted octanol–water partition coefficient (Wildman–Crippen LogP) is 0.384. The van der Waals surface area contributed by atoms with Gasteiger partial charge in [0.2, 0.25) is 0 Å². The molecule has 98 valence electrons. The number of halogens is 3. The van der Waals surface area contributed by atoms with E-state index in [0.717, 1.165) is 0 Å². The number of methoxy groups -OCH3 is 1. The van der Waals surface area contributed by atoms with Crippen molar-refractivity contribution in [2.45, 2.75) is 38.0 Å². The van der Waals surface area contributed by atoms with Crippen molar-refractivity contribution < 1.29 is 32.2 Å². The second kappa shape index (κ2) is 5.01. The van der Waals surface area contributed by atoms with Crippen LogP contribution < -0.4 is 5.32 Å². The summed E-state index contributed by atoms with van der Waals surface area (Å²) in [5, 5.41) is 1.63. The first-order valence-electron chi connectivity index (χ1n) is 4.85. The molecule has 1 aliphatic rings. The molecule has 8 heteroatoms. The van der Waals surface area contributed by atoms with Gasteiger partial charge < -0.3 is 14.8 Å². The lowest BCUT2D eigenvalue weighted by Gasteiger charge is -2.32. The van der Waals surface area contributed by atoms with E-state index in [-0.39, 0.29) is 6.42 Å². The Labute approximate surface area is 95.2 Å². The van der Waals surface area contributed by atoms with Crippen molar-refractivity contribution in [1.29, 1.82) is 0 Å². The Balaban J connectivity index is 2.68. The third kappa shape index (κ3) is 3.40. The Morgan fingerprint density at radius 3 is 2.59 bits per heavy atom. The zero-order valence-electron chi connectivity index (χ0n) is 9.21. The van der Waals surface area contributed by atoms with Crippen molar-refractivity contribution in [3.63, 3.8) is 0 Å². The first kappa shape index (κ1) is 13.9. The zero-order valence-corrected chi connectivity index (χ0v) is 9.21. The van der Waals surface area contributed by atoms with Gasteiger partial charge in [0, 0.05) is 13.5 Å². The fraction of sp³-hybridized carbons (Fsp3) is 0.778. The van der Waals surface area contributed by atoms with Gasteiger partial charge in [0.05, 0.1) is 6.04 Å². The number of Topliss-reactive ketones (excluding diaryl/α,β-unsaturated/α-hetero) is 1. The third-order valence-electron chi connectivity index (χ3n) is 2.35. The maximum Gasteiger partial charge on any atom is 0.471 e. The average Bonchev–Trinajstić information content (AvgIpc) is 2.22. The topological polar surface area (TPSA) is 64.6 Å². The van der Waals surface area contributed by atoms with Gasteiger partial charge in [-0.25, -0.2) is 0 Å². The smallest absolute Gasteiger partial charge is 0.356 e. The minimum absolute atomic E-state index is 0.137. The molecular formula is C9H12F3NO4. The van der Waals surface area contributed by atoms with Gasteiger partial charge in [0.15, 0.2) is 12.1 Å². The molecule has 5 nitrogen and oxygen atoms in total. The van der Waals surface area contributed by atoms with Crippen LogP contribution in [0, 0.1) is 0 Å². The highest BCUT2D eigenvalue weighted by Crippen LogP contribution is 2.20. The summed E-state index contributed by atoms with van der Waals surface area (Å²) >= 11 is 0. The molecule has 0 aliphatic carbocycles. The number of hydrogen-bond donors (Lipinski definition) is 1. The lowest BCUT2D eigenvalue weighted by atomic mass is 10.0. The summed E-state index contributed by atoms with van der Waals surface area (Å²) in [6, 6.07) is -1.24. The number of ketones is 1. The minimum atomic E-state index is -5.01. The molecule has 1 aliphatic heterocycles. The molecule has 0 aromatic carbocycles. The summed E-state index contributed by atoms with van der Waals surface area (Å²) in [6.07, 6.45) is -6.86. The molecule has 0 aromatic heterocycles. The van der Waals surface area contributed by atoms with Crippen molar-refractivity contribution in [3.8, 4) is 0 Å². The zero-order chi connectivity index (χ0) is 13.2. The SMILES string of the molecule is COC1CC(NC(=O)C(F)(F)F)C(=O)C(C)O1. The average molecular weight is 255 g/mol. The third-order valence-corrected chi connectivity index (χ3v) is 2.35. The second-order valence-corrected chi connectivity index (χ2v) is 3.61. The Morgan fingerprint density at radius 2 is 2.12 bits per heavy atom. The first-order valence-corrected chi connectivity index (χ1v) is 4.85. The molecule has 0 bridgehead atoms. The van der Waals surface area contributed by atoms with Gasteiger partial charge in [-0.1, -0.05) is 0 Å². The Hall–Kier alpha value is -1.15. The van der Waals surface area contributed by atoms with Crippen molar-refractivity contribution in [2.75, 3.05) is 7.11 Å². The number of nitrogens with one attached hydrogen (secondary N) is 1. The summed E-state index contributed by atoms with van der Waals surface area (Å²) in [6.45, 7) is 1.39. The van der Waals surface area contributed by atoms with Crippen LogP contribution in [0.3, 0.4) is 0 Å². The van der Waals surface area contributed by atoms with E-state index in [1.54, 1.807) is 5.32 Å².